The number of carbonyl (C=O) groups is 1. The van der Waals surface area contributed by atoms with Gasteiger partial charge >= 0.3 is 0 Å². The first-order valence-corrected chi connectivity index (χ1v) is 7.93. The largest absolute Gasteiger partial charge is 0.490 e. The lowest BCUT2D eigenvalue weighted by Gasteiger charge is -2.11. The number of nitrogens with zero attached hydrogens (tertiary/aromatic N) is 1. The molecule has 1 heterocycles. The van der Waals surface area contributed by atoms with E-state index < -0.39 is 0 Å². The van der Waals surface area contributed by atoms with Gasteiger partial charge < -0.3 is 14.8 Å². The second-order valence-corrected chi connectivity index (χ2v) is 5.11. The first-order valence-electron chi connectivity index (χ1n) is 7.93. The number of anilines is 1. The minimum atomic E-state index is -0.236. The lowest BCUT2D eigenvalue weighted by Crippen LogP contribution is -2.09. The zero-order chi connectivity index (χ0) is 17.4. The van der Waals surface area contributed by atoms with Crippen LogP contribution >= 0.6 is 0 Å². The van der Waals surface area contributed by atoms with Crippen molar-refractivity contribution in [3.05, 3.63) is 53.7 Å². The second-order valence-electron chi connectivity index (χ2n) is 5.11. The molecule has 0 atom stereocenters. The molecule has 24 heavy (non-hydrogen) atoms. The first kappa shape index (κ1) is 17.5. The fraction of sp³-hybridized carbons (Fsp3) is 0.263. The maximum absolute atomic E-state index is 12.0. The number of nitrogens with one attached hydrogen (secondary N) is 1. The molecule has 0 saturated heterocycles. The number of carbonyl (C=O) groups excluding carboxylic acids is 1. The summed E-state index contributed by atoms with van der Waals surface area (Å²) in [7, 11) is 0. The van der Waals surface area contributed by atoms with Crippen molar-refractivity contribution in [2.45, 2.75) is 20.8 Å². The summed E-state index contributed by atoms with van der Waals surface area (Å²) >= 11 is 0. The van der Waals surface area contributed by atoms with Crippen LogP contribution in [0.5, 0.6) is 11.5 Å². The molecule has 0 fully saturated rings. The summed E-state index contributed by atoms with van der Waals surface area (Å²) in [6, 6.07) is 9.26. The summed E-state index contributed by atoms with van der Waals surface area (Å²) in [5.74, 6) is 1.67. The molecule has 5 heteroatoms. The third-order valence-corrected chi connectivity index (χ3v) is 3.16. The van der Waals surface area contributed by atoms with Crippen LogP contribution in [0, 0.1) is 6.92 Å². The van der Waals surface area contributed by atoms with E-state index in [0.717, 1.165) is 11.1 Å². The van der Waals surface area contributed by atoms with Gasteiger partial charge in [-0.05, 0) is 62.2 Å². The van der Waals surface area contributed by atoms with Crippen molar-refractivity contribution in [2.75, 3.05) is 18.5 Å². The van der Waals surface area contributed by atoms with Gasteiger partial charge in [0.05, 0.1) is 13.2 Å². The molecule has 0 radical (unpaired) electrons. The highest BCUT2D eigenvalue weighted by Crippen LogP contribution is 2.29. The molecule has 0 aliphatic heterocycles. The second kappa shape index (κ2) is 8.72. The Morgan fingerprint density at radius 2 is 1.88 bits per heavy atom. The van der Waals surface area contributed by atoms with Crippen LogP contribution in [0.2, 0.25) is 0 Å². The van der Waals surface area contributed by atoms with Gasteiger partial charge in [0.2, 0.25) is 5.91 Å². The first-order chi connectivity index (χ1) is 11.6. The zero-order valence-electron chi connectivity index (χ0n) is 14.2. The summed E-state index contributed by atoms with van der Waals surface area (Å²) in [6.45, 7) is 6.91. The van der Waals surface area contributed by atoms with Gasteiger partial charge in [-0.25, -0.2) is 4.98 Å². The minimum Gasteiger partial charge on any atom is -0.490 e. The molecule has 0 aliphatic rings. The van der Waals surface area contributed by atoms with Gasteiger partial charge in [0.1, 0.15) is 5.82 Å². The van der Waals surface area contributed by atoms with Crippen molar-refractivity contribution in [3.63, 3.8) is 0 Å². The van der Waals surface area contributed by atoms with Crippen molar-refractivity contribution in [1.29, 1.82) is 0 Å². The summed E-state index contributed by atoms with van der Waals surface area (Å²) in [5.41, 5.74) is 1.89. The molecule has 2 rings (SSSR count). The molecule has 0 unspecified atom stereocenters. The lowest BCUT2D eigenvalue weighted by atomic mass is 10.2. The van der Waals surface area contributed by atoms with E-state index in [1.165, 1.54) is 6.08 Å². The van der Waals surface area contributed by atoms with Gasteiger partial charge in [-0.3, -0.25) is 4.79 Å². The van der Waals surface area contributed by atoms with Gasteiger partial charge in [-0.15, -0.1) is 0 Å². The van der Waals surface area contributed by atoms with E-state index in [1.54, 1.807) is 12.3 Å². The van der Waals surface area contributed by atoms with Crippen molar-refractivity contribution < 1.29 is 14.3 Å². The molecule has 0 bridgehead atoms. The van der Waals surface area contributed by atoms with Crippen LogP contribution in [0.25, 0.3) is 6.08 Å². The molecule has 1 amide bonds. The minimum absolute atomic E-state index is 0.236. The normalized spacial score (nSPS) is 10.6. The summed E-state index contributed by atoms with van der Waals surface area (Å²) in [4.78, 5) is 16.1. The Kier molecular flexibility index (Phi) is 6.37. The van der Waals surface area contributed by atoms with E-state index in [2.05, 4.69) is 10.3 Å². The standard InChI is InChI=1S/C19H22N2O3/c1-4-23-16-8-6-15(13-17(16)24-5-2)7-9-19(22)21-18-12-14(3)10-11-20-18/h6-13H,4-5H2,1-3H3,(H,20,21,22)/b9-7+. The molecular weight excluding hydrogens is 304 g/mol. The molecule has 1 aromatic heterocycles. The average molecular weight is 326 g/mol. The van der Waals surface area contributed by atoms with E-state index in [-0.39, 0.29) is 5.91 Å². The Bertz CT molecular complexity index is 726. The molecule has 2 aromatic rings. The molecule has 1 N–H and O–H groups in total. The topological polar surface area (TPSA) is 60.5 Å². The monoisotopic (exact) mass is 326 g/mol. The van der Waals surface area contributed by atoms with E-state index in [4.69, 9.17) is 9.47 Å². The number of hydrogen-bond donors (Lipinski definition) is 1. The van der Waals surface area contributed by atoms with Crippen molar-refractivity contribution in [1.82, 2.24) is 4.98 Å². The number of hydrogen-bond acceptors (Lipinski definition) is 4. The zero-order valence-corrected chi connectivity index (χ0v) is 14.2. The van der Waals surface area contributed by atoms with Gasteiger partial charge in [0, 0.05) is 12.3 Å². The van der Waals surface area contributed by atoms with Crippen molar-refractivity contribution >= 4 is 17.8 Å². The highest BCUT2D eigenvalue weighted by Gasteiger charge is 2.05. The Morgan fingerprint density at radius 1 is 1.12 bits per heavy atom. The molecule has 0 aliphatic carbocycles. The van der Waals surface area contributed by atoms with E-state index in [1.807, 2.05) is 51.1 Å². The predicted octanol–water partition coefficient (Wildman–Crippen LogP) is 3.84. The SMILES string of the molecule is CCOc1ccc(/C=C/C(=O)Nc2cc(C)ccn2)cc1OCC. The van der Waals surface area contributed by atoms with Crippen molar-refractivity contribution in [3.8, 4) is 11.5 Å². The van der Waals surface area contributed by atoms with Crippen LogP contribution in [0.3, 0.4) is 0 Å². The van der Waals surface area contributed by atoms with Crippen LogP contribution in [0.4, 0.5) is 5.82 Å². The summed E-state index contributed by atoms with van der Waals surface area (Å²) < 4.78 is 11.1. The molecular formula is C19H22N2O3. The van der Waals surface area contributed by atoms with Crippen LogP contribution in [0.15, 0.2) is 42.6 Å². The van der Waals surface area contributed by atoms with Gasteiger partial charge in [-0.1, -0.05) is 6.07 Å². The fourth-order valence-electron chi connectivity index (χ4n) is 2.12. The predicted molar refractivity (Wildman–Crippen MR) is 95.4 cm³/mol. The summed E-state index contributed by atoms with van der Waals surface area (Å²) in [6.07, 6.45) is 4.86. The highest BCUT2D eigenvalue weighted by atomic mass is 16.5. The van der Waals surface area contributed by atoms with E-state index >= 15 is 0 Å². The average Bonchev–Trinajstić information content (AvgIpc) is 2.55. The van der Waals surface area contributed by atoms with Crippen LogP contribution < -0.4 is 14.8 Å². The third-order valence-electron chi connectivity index (χ3n) is 3.16. The smallest absolute Gasteiger partial charge is 0.249 e. The number of pyridine rings is 1. The van der Waals surface area contributed by atoms with Crippen molar-refractivity contribution in [2.24, 2.45) is 0 Å². The lowest BCUT2D eigenvalue weighted by molar-refractivity contribution is -0.111. The summed E-state index contributed by atoms with van der Waals surface area (Å²) in [5, 5.41) is 2.73. The van der Waals surface area contributed by atoms with E-state index in [0.29, 0.717) is 30.5 Å². The third kappa shape index (κ3) is 5.12. The number of rotatable bonds is 7. The Morgan fingerprint density at radius 3 is 2.58 bits per heavy atom. The number of benzene rings is 1. The maximum Gasteiger partial charge on any atom is 0.249 e. The Labute approximate surface area is 142 Å². The molecule has 5 nitrogen and oxygen atoms in total. The van der Waals surface area contributed by atoms with Gasteiger partial charge in [-0.2, -0.15) is 0 Å². The van der Waals surface area contributed by atoms with Crippen LogP contribution in [-0.4, -0.2) is 24.1 Å². The quantitative estimate of drug-likeness (QED) is 0.785. The molecule has 1 aromatic carbocycles. The maximum atomic E-state index is 12.0. The number of ether oxygens (including phenoxy) is 2. The Balaban J connectivity index is 2.07. The van der Waals surface area contributed by atoms with Crippen LogP contribution in [0.1, 0.15) is 25.0 Å². The Hall–Kier alpha value is -2.82. The number of aromatic nitrogens is 1. The molecule has 0 saturated carbocycles. The number of amides is 1. The molecule has 126 valence electrons. The van der Waals surface area contributed by atoms with E-state index in [9.17, 15) is 4.79 Å². The molecule has 0 spiro atoms. The number of aryl methyl sites for hydroxylation is 1. The van der Waals surface area contributed by atoms with Crippen LogP contribution in [-0.2, 0) is 4.79 Å². The van der Waals surface area contributed by atoms with Gasteiger partial charge in [0.15, 0.2) is 11.5 Å². The van der Waals surface area contributed by atoms with Gasteiger partial charge in [0.25, 0.3) is 0 Å². The fourth-order valence-corrected chi connectivity index (χ4v) is 2.12. The highest BCUT2D eigenvalue weighted by molar-refractivity contribution is 6.01.